The molecule has 1 amide bonds. The first kappa shape index (κ1) is 12.0. The van der Waals surface area contributed by atoms with E-state index in [2.05, 4.69) is 10.6 Å². The summed E-state index contributed by atoms with van der Waals surface area (Å²) in [6, 6.07) is 1.30. The van der Waals surface area contributed by atoms with Crippen molar-refractivity contribution in [3.8, 4) is 0 Å². The van der Waals surface area contributed by atoms with Gasteiger partial charge in [-0.2, -0.15) is 0 Å². The number of nitrogens with one attached hydrogen (secondary N) is 2. The summed E-state index contributed by atoms with van der Waals surface area (Å²) in [6.07, 6.45) is 10.8. The van der Waals surface area contributed by atoms with Crippen molar-refractivity contribution in [3.05, 3.63) is 0 Å². The third-order valence-corrected chi connectivity index (χ3v) is 7.22. The normalized spacial score (nSPS) is 55.4. The van der Waals surface area contributed by atoms with Gasteiger partial charge in [0, 0.05) is 12.1 Å². The molecule has 1 aliphatic heterocycles. The summed E-state index contributed by atoms with van der Waals surface area (Å²) in [6.45, 7) is 0. The highest BCUT2D eigenvalue weighted by Gasteiger charge is 2.65. The van der Waals surface area contributed by atoms with Gasteiger partial charge in [0.25, 0.3) is 0 Å². The molecule has 0 spiro atoms. The number of rotatable bonds is 2. The second-order valence-electron chi connectivity index (χ2n) is 8.13. The Morgan fingerprint density at radius 3 is 2.40 bits per heavy atom. The number of hydrogen-bond donors (Lipinski definition) is 2. The average molecular weight is 274 g/mol. The lowest BCUT2D eigenvalue weighted by atomic mass is 9.85. The van der Waals surface area contributed by atoms with Gasteiger partial charge >= 0.3 is 0 Å². The number of fused-ring (bicyclic) bond motifs is 6. The average Bonchev–Trinajstić information content (AvgIpc) is 2.91. The van der Waals surface area contributed by atoms with E-state index in [0.717, 1.165) is 36.0 Å². The van der Waals surface area contributed by atoms with Crippen LogP contribution in [-0.2, 0) is 4.79 Å². The molecule has 3 heteroatoms. The fraction of sp³-hybridized carbons (Fsp3) is 0.941. The van der Waals surface area contributed by atoms with Gasteiger partial charge in [0.1, 0.15) is 0 Å². The molecule has 0 radical (unpaired) electrons. The molecule has 2 bridgehead atoms. The highest BCUT2D eigenvalue weighted by atomic mass is 16.2. The van der Waals surface area contributed by atoms with E-state index in [9.17, 15) is 4.79 Å². The van der Waals surface area contributed by atoms with Crippen LogP contribution in [0.2, 0.25) is 0 Å². The molecule has 20 heavy (non-hydrogen) atoms. The van der Waals surface area contributed by atoms with Crippen LogP contribution in [-0.4, -0.2) is 24.0 Å². The Balaban J connectivity index is 1.20. The van der Waals surface area contributed by atoms with Crippen molar-refractivity contribution < 1.29 is 4.79 Å². The molecule has 7 atom stereocenters. The van der Waals surface area contributed by atoms with E-state index < -0.39 is 0 Å². The quantitative estimate of drug-likeness (QED) is 0.809. The van der Waals surface area contributed by atoms with Crippen molar-refractivity contribution in [1.82, 2.24) is 10.6 Å². The second kappa shape index (κ2) is 4.22. The lowest BCUT2D eigenvalue weighted by Crippen LogP contribution is -2.44. The Morgan fingerprint density at radius 2 is 1.65 bits per heavy atom. The Labute approximate surface area is 121 Å². The van der Waals surface area contributed by atoms with Gasteiger partial charge < -0.3 is 10.6 Å². The van der Waals surface area contributed by atoms with Crippen LogP contribution in [0.15, 0.2) is 0 Å². The van der Waals surface area contributed by atoms with Crippen LogP contribution in [0.4, 0.5) is 0 Å². The number of hydrogen-bond acceptors (Lipinski definition) is 2. The standard InChI is InChI=1S/C17H26N2O/c20-17(13-8-9-3-1-2-4-12(9)18-13)19-16-14-10-5-6-11(7-10)15(14)16/h9-16,18H,1-8H2,(H,19,20). The van der Waals surface area contributed by atoms with Crippen LogP contribution in [0.25, 0.3) is 0 Å². The van der Waals surface area contributed by atoms with Crippen molar-refractivity contribution in [2.45, 2.75) is 69.5 Å². The van der Waals surface area contributed by atoms with E-state index in [1.165, 1.54) is 44.9 Å². The molecule has 4 aliphatic carbocycles. The highest BCUT2D eigenvalue weighted by molar-refractivity contribution is 5.83. The highest BCUT2D eigenvalue weighted by Crippen LogP contribution is 2.65. The minimum absolute atomic E-state index is 0.113. The predicted molar refractivity (Wildman–Crippen MR) is 77.0 cm³/mol. The molecule has 3 nitrogen and oxygen atoms in total. The summed E-state index contributed by atoms with van der Waals surface area (Å²) in [4.78, 5) is 12.5. The molecule has 2 N–H and O–H groups in total. The molecule has 1 saturated heterocycles. The monoisotopic (exact) mass is 274 g/mol. The third kappa shape index (κ3) is 1.65. The molecule has 0 aromatic heterocycles. The second-order valence-corrected chi connectivity index (χ2v) is 8.13. The van der Waals surface area contributed by atoms with Crippen molar-refractivity contribution in [2.24, 2.45) is 29.6 Å². The first-order valence-corrected chi connectivity index (χ1v) is 8.87. The van der Waals surface area contributed by atoms with Crippen LogP contribution >= 0.6 is 0 Å². The SMILES string of the molecule is O=C(NC1C2C3CCC(C3)C12)C1CC2CCCCC2N1. The van der Waals surface area contributed by atoms with Crippen LogP contribution in [0.5, 0.6) is 0 Å². The number of carbonyl (C=O) groups is 1. The summed E-state index contributed by atoms with van der Waals surface area (Å²) >= 11 is 0. The molecule has 5 fully saturated rings. The molecular weight excluding hydrogens is 248 g/mol. The lowest BCUT2D eigenvalue weighted by Gasteiger charge is -2.24. The Hall–Kier alpha value is -0.570. The van der Waals surface area contributed by atoms with Gasteiger partial charge in [-0.1, -0.05) is 12.8 Å². The van der Waals surface area contributed by atoms with E-state index in [4.69, 9.17) is 0 Å². The zero-order valence-corrected chi connectivity index (χ0v) is 12.2. The molecule has 110 valence electrons. The van der Waals surface area contributed by atoms with E-state index in [-0.39, 0.29) is 6.04 Å². The van der Waals surface area contributed by atoms with Crippen molar-refractivity contribution in [1.29, 1.82) is 0 Å². The van der Waals surface area contributed by atoms with Crippen molar-refractivity contribution in [3.63, 3.8) is 0 Å². The van der Waals surface area contributed by atoms with Gasteiger partial charge in [-0.3, -0.25) is 4.79 Å². The minimum Gasteiger partial charge on any atom is -0.351 e. The molecule has 0 aromatic carbocycles. The molecule has 4 saturated carbocycles. The third-order valence-electron chi connectivity index (χ3n) is 7.22. The van der Waals surface area contributed by atoms with Gasteiger partial charge in [0.15, 0.2) is 0 Å². The molecule has 5 rings (SSSR count). The maximum absolute atomic E-state index is 12.5. The van der Waals surface area contributed by atoms with Crippen LogP contribution in [0.1, 0.15) is 51.4 Å². The predicted octanol–water partition coefficient (Wildman–Crippen LogP) is 2.07. The van der Waals surface area contributed by atoms with Gasteiger partial charge in [0.05, 0.1) is 6.04 Å². The van der Waals surface area contributed by atoms with Crippen LogP contribution in [0.3, 0.4) is 0 Å². The van der Waals surface area contributed by atoms with Gasteiger partial charge in [-0.25, -0.2) is 0 Å². The fourth-order valence-electron chi connectivity index (χ4n) is 6.30. The van der Waals surface area contributed by atoms with Crippen LogP contribution < -0.4 is 10.6 Å². The zero-order chi connectivity index (χ0) is 13.3. The Kier molecular flexibility index (Phi) is 2.54. The molecule has 1 heterocycles. The smallest absolute Gasteiger partial charge is 0.237 e. The van der Waals surface area contributed by atoms with Gasteiger partial charge in [-0.05, 0) is 68.1 Å². The molecule has 7 unspecified atom stereocenters. The summed E-state index contributed by atoms with van der Waals surface area (Å²) < 4.78 is 0. The van der Waals surface area contributed by atoms with Crippen LogP contribution in [0, 0.1) is 29.6 Å². The largest absolute Gasteiger partial charge is 0.351 e. The van der Waals surface area contributed by atoms with Crippen molar-refractivity contribution in [2.75, 3.05) is 0 Å². The molecule has 5 aliphatic rings. The van der Waals surface area contributed by atoms with Gasteiger partial charge in [0.2, 0.25) is 5.91 Å². The number of amides is 1. The zero-order valence-electron chi connectivity index (χ0n) is 12.2. The summed E-state index contributed by atoms with van der Waals surface area (Å²) in [5.74, 6) is 4.72. The van der Waals surface area contributed by atoms with E-state index in [0.29, 0.717) is 18.0 Å². The Morgan fingerprint density at radius 1 is 0.900 bits per heavy atom. The summed E-state index contributed by atoms with van der Waals surface area (Å²) in [7, 11) is 0. The van der Waals surface area contributed by atoms with E-state index >= 15 is 0 Å². The van der Waals surface area contributed by atoms with Gasteiger partial charge in [-0.15, -0.1) is 0 Å². The van der Waals surface area contributed by atoms with Crippen molar-refractivity contribution >= 4 is 5.91 Å². The lowest BCUT2D eigenvalue weighted by molar-refractivity contribution is -0.123. The maximum atomic E-state index is 12.5. The van der Waals surface area contributed by atoms with E-state index in [1.54, 1.807) is 0 Å². The summed E-state index contributed by atoms with van der Waals surface area (Å²) in [5.41, 5.74) is 0. The molecule has 0 aromatic rings. The maximum Gasteiger partial charge on any atom is 0.237 e. The fourth-order valence-corrected chi connectivity index (χ4v) is 6.30. The Bertz CT molecular complexity index is 407. The first-order chi connectivity index (χ1) is 9.81. The minimum atomic E-state index is 0.113. The summed E-state index contributed by atoms with van der Waals surface area (Å²) in [5, 5.41) is 7.02. The molecular formula is C17H26N2O. The topological polar surface area (TPSA) is 41.1 Å². The van der Waals surface area contributed by atoms with E-state index in [1.807, 2.05) is 0 Å². The first-order valence-electron chi connectivity index (χ1n) is 8.87. The number of carbonyl (C=O) groups excluding carboxylic acids is 1.